The van der Waals surface area contributed by atoms with Crippen LogP contribution >= 0.6 is 0 Å². The van der Waals surface area contributed by atoms with Crippen LogP contribution in [0.2, 0.25) is 0 Å². The summed E-state index contributed by atoms with van der Waals surface area (Å²) in [6, 6.07) is 13.7. The molecule has 0 aliphatic heterocycles. The standard InChI is InChI=1S/C12H12N2O2S/c1-17(15,16)14-13-9-10-6-7-11-4-2-3-5-12(11)8-10/h2-9,14H,1H3/b13-9+. The monoisotopic (exact) mass is 248 g/mol. The highest BCUT2D eigenvalue weighted by Crippen LogP contribution is 2.14. The van der Waals surface area contributed by atoms with Crippen molar-refractivity contribution in [3.63, 3.8) is 0 Å². The van der Waals surface area contributed by atoms with E-state index in [1.54, 1.807) is 0 Å². The van der Waals surface area contributed by atoms with Crippen molar-refractivity contribution < 1.29 is 8.42 Å². The van der Waals surface area contributed by atoms with Crippen molar-refractivity contribution in [1.82, 2.24) is 4.83 Å². The van der Waals surface area contributed by atoms with Gasteiger partial charge in [-0.25, -0.2) is 13.2 Å². The summed E-state index contributed by atoms with van der Waals surface area (Å²) in [6.07, 6.45) is 2.54. The summed E-state index contributed by atoms with van der Waals surface area (Å²) in [7, 11) is -3.28. The molecule has 2 aromatic rings. The molecule has 0 aromatic heterocycles. The van der Waals surface area contributed by atoms with Gasteiger partial charge in [0.15, 0.2) is 0 Å². The minimum Gasteiger partial charge on any atom is -0.206 e. The van der Waals surface area contributed by atoms with Gasteiger partial charge in [0.25, 0.3) is 0 Å². The first-order valence-electron chi connectivity index (χ1n) is 5.03. The lowest BCUT2D eigenvalue weighted by Gasteiger charge is -1.99. The molecule has 0 atom stereocenters. The molecule has 0 aliphatic carbocycles. The smallest absolute Gasteiger partial charge is 0.206 e. The van der Waals surface area contributed by atoms with Gasteiger partial charge < -0.3 is 0 Å². The van der Waals surface area contributed by atoms with E-state index in [9.17, 15) is 8.42 Å². The third-order valence-electron chi connectivity index (χ3n) is 2.21. The van der Waals surface area contributed by atoms with E-state index in [-0.39, 0.29) is 0 Å². The molecule has 0 spiro atoms. The van der Waals surface area contributed by atoms with Crippen LogP contribution in [0.1, 0.15) is 5.56 Å². The zero-order chi connectivity index (χ0) is 12.3. The van der Waals surface area contributed by atoms with Crippen LogP contribution in [0.15, 0.2) is 47.6 Å². The van der Waals surface area contributed by atoms with Crippen LogP contribution < -0.4 is 4.83 Å². The van der Waals surface area contributed by atoms with Crippen LogP contribution in [-0.4, -0.2) is 20.9 Å². The molecule has 0 fully saturated rings. The Kier molecular flexibility index (Phi) is 3.10. The summed E-state index contributed by atoms with van der Waals surface area (Å²) in [5.41, 5.74) is 0.847. The topological polar surface area (TPSA) is 58.5 Å². The summed E-state index contributed by atoms with van der Waals surface area (Å²) in [5.74, 6) is 0. The molecule has 0 amide bonds. The van der Waals surface area contributed by atoms with E-state index in [4.69, 9.17) is 0 Å². The Labute approximate surface area is 100 Å². The Morgan fingerprint density at radius 3 is 2.53 bits per heavy atom. The van der Waals surface area contributed by atoms with E-state index in [1.807, 2.05) is 42.5 Å². The lowest BCUT2D eigenvalue weighted by molar-refractivity contribution is 0.591. The second-order valence-electron chi connectivity index (χ2n) is 3.73. The first-order valence-corrected chi connectivity index (χ1v) is 6.92. The molecule has 0 aliphatic rings. The second kappa shape index (κ2) is 4.55. The van der Waals surface area contributed by atoms with Gasteiger partial charge in [-0.05, 0) is 22.4 Å². The Hall–Kier alpha value is -1.88. The summed E-state index contributed by atoms with van der Waals surface area (Å²) in [6.45, 7) is 0. The highest BCUT2D eigenvalue weighted by atomic mass is 32.2. The van der Waals surface area contributed by atoms with E-state index in [0.717, 1.165) is 22.6 Å². The van der Waals surface area contributed by atoms with Gasteiger partial charge in [0.2, 0.25) is 10.0 Å². The molecule has 0 saturated carbocycles. The van der Waals surface area contributed by atoms with Crippen LogP contribution in [0, 0.1) is 0 Å². The molecule has 1 N–H and O–H groups in total. The van der Waals surface area contributed by atoms with Crippen LogP contribution in [0.5, 0.6) is 0 Å². The largest absolute Gasteiger partial charge is 0.244 e. The molecule has 0 radical (unpaired) electrons. The Morgan fingerprint density at radius 1 is 1.12 bits per heavy atom. The number of hydrazone groups is 1. The summed E-state index contributed by atoms with van der Waals surface area (Å²) in [5, 5.41) is 5.89. The molecule has 88 valence electrons. The molecule has 2 aromatic carbocycles. The molecule has 17 heavy (non-hydrogen) atoms. The zero-order valence-corrected chi connectivity index (χ0v) is 10.1. The summed E-state index contributed by atoms with van der Waals surface area (Å²) < 4.78 is 21.6. The maximum absolute atomic E-state index is 10.8. The van der Waals surface area contributed by atoms with Crippen LogP contribution in [-0.2, 0) is 10.0 Å². The molecule has 2 rings (SSSR count). The molecule has 0 bridgehead atoms. The lowest BCUT2D eigenvalue weighted by atomic mass is 10.1. The predicted octanol–water partition coefficient (Wildman–Crippen LogP) is 1.72. The first-order chi connectivity index (χ1) is 8.04. The quantitative estimate of drug-likeness (QED) is 0.664. The van der Waals surface area contributed by atoms with Crippen molar-refractivity contribution in [2.45, 2.75) is 0 Å². The molecule has 4 nitrogen and oxygen atoms in total. The highest BCUT2D eigenvalue weighted by molar-refractivity contribution is 7.88. The fourth-order valence-electron chi connectivity index (χ4n) is 1.48. The third-order valence-corrected chi connectivity index (χ3v) is 2.64. The van der Waals surface area contributed by atoms with Crippen molar-refractivity contribution in [2.75, 3.05) is 6.26 Å². The van der Waals surface area contributed by atoms with Gasteiger partial charge in [-0.3, -0.25) is 0 Å². The minimum absolute atomic E-state index is 0.847. The average molecular weight is 248 g/mol. The van der Waals surface area contributed by atoms with Crippen LogP contribution in [0.3, 0.4) is 0 Å². The van der Waals surface area contributed by atoms with E-state index in [1.165, 1.54) is 6.21 Å². The van der Waals surface area contributed by atoms with Crippen molar-refractivity contribution >= 4 is 27.0 Å². The van der Waals surface area contributed by atoms with E-state index >= 15 is 0 Å². The van der Waals surface area contributed by atoms with Crippen molar-refractivity contribution in [3.8, 4) is 0 Å². The maximum atomic E-state index is 10.8. The normalized spacial score (nSPS) is 12.1. The van der Waals surface area contributed by atoms with Gasteiger partial charge in [-0.15, -0.1) is 0 Å². The summed E-state index contributed by atoms with van der Waals surface area (Å²) in [4.78, 5) is 2.06. The second-order valence-corrected chi connectivity index (χ2v) is 5.46. The van der Waals surface area contributed by atoms with Gasteiger partial charge >= 0.3 is 0 Å². The number of nitrogens with one attached hydrogen (secondary N) is 1. The lowest BCUT2D eigenvalue weighted by Crippen LogP contribution is -2.15. The minimum atomic E-state index is -3.28. The van der Waals surface area contributed by atoms with Crippen molar-refractivity contribution in [3.05, 3.63) is 48.0 Å². The average Bonchev–Trinajstić information content (AvgIpc) is 2.27. The maximum Gasteiger partial charge on any atom is 0.244 e. The molecular formula is C12H12N2O2S. The first kappa shape index (κ1) is 11.6. The fourth-order valence-corrected chi connectivity index (χ4v) is 1.73. The van der Waals surface area contributed by atoms with Crippen LogP contribution in [0.25, 0.3) is 10.8 Å². The Balaban J connectivity index is 2.25. The number of fused-ring (bicyclic) bond motifs is 1. The molecular weight excluding hydrogens is 236 g/mol. The molecule has 0 heterocycles. The SMILES string of the molecule is CS(=O)(=O)N/N=C/c1ccc2ccccc2c1. The Bertz CT molecular complexity index is 663. The number of hydrogen-bond acceptors (Lipinski definition) is 3. The highest BCUT2D eigenvalue weighted by Gasteiger charge is 1.96. The van der Waals surface area contributed by atoms with Gasteiger partial charge in [-0.2, -0.15) is 5.10 Å². The van der Waals surface area contributed by atoms with E-state index in [0.29, 0.717) is 0 Å². The summed E-state index contributed by atoms with van der Waals surface area (Å²) >= 11 is 0. The number of rotatable bonds is 3. The number of benzene rings is 2. The van der Waals surface area contributed by atoms with Gasteiger partial charge in [0.05, 0.1) is 12.5 Å². The van der Waals surface area contributed by atoms with Gasteiger partial charge in [-0.1, -0.05) is 36.4 Å². The number of sulfonamides is 1. The fraction of sp³-hybridized carbons (Fsp3) is 0.0833. The van der Waals surface area contributed by atoms with Gasteiger partial charge in [0, 0.05) is 0 Å². The molecule has 0 saturated heterocycles. The predicted molar refractivity (Wildman–Crippen MR) is 69.5 cm³/mol. The molecule has 0 unspecified atom stereocenters. The molecule has 5 heteroatoms. The third kappa shape index (κ3) is 3.29. The number of nitrogens with zero attached hydrogens (tertiary/aromatic N) is 1. The van der Waals surface area contributed by atoms with Crippen molar-refractivity contribution in [1.29, 1.82) is 0 Å². The van der Waals surface area contributed by atoms with Crippen LogP contribution in [0.4, 0.5) is 0 Å². The van der Waals surface area contributed by atoms with Crippen molar-refractivity contribution in [2.24, 2.45) is 5.10 Å². The van der Waals surface area contributed by atoms with Gasteiger partial charge in [0.1, 0.15) is 0 Å². The zero-order valence-electron chi connectivity index (χ0n) is 9.29. The van der Waals surface area contributed by atoms with E-state index in [2.05, 4.69) is 9.93 Å². The number of hydrogen-bond donors (Lipinski definition) is 1. The Morgan fingerprint density at radius 2 is 1.82 bits per heavy atom. The van der Waals surface area contributed by atoms with E-state index < -0.39 is 10.0 Å².